The van der Waals surface area contributed by atoms with Gasteiger partial charge in [-0.15, -0.1) is 0 Å². The molecule has 1 saturated heterocycles. The van der Waals surface area contributed by atoms with Crippen molar-refractivity contribution in [1.29, 1.82) is 0 Å². The topological polar surface area (TPSA) is 229 Å². The van der Waals surface area contributed by atoms with Crippen molar-refractivity contribution in [1.82, 2.24) is 24.4 Å². The summed E-state index contributed by atoms with van der Waals surface area (Å²) in [4.78, 5) is 37.2. The van der Waals surface area contributed by atoms with Gasteiger partial charge in [0.2, 0.25) is 5.91 Å². The Kier molecular flexibility index (Phi) is 8.72. The van der Waals surface area contributed by atoms with Crippen molar-refractivity contribution in [3.8, 4) is 0 Å². The summed E-state index contributed by atoms with van der Waals surface area (Å²) in [5, 5.41) is 30.8. The summed E-state index contributed by atoms with van der Waals surface area (Å²) in [6.07, 6.45) is -0.0595. The van der Waals surface area contributed by atoms with Gasteiger partial charge < -0.3 is 42.2 Å². The van der Waals surface area contributed by atoms with Crippen molar-refractivity contribution < 1.29 is 29.6 Å². The summed E-state index contributed by atoms with van der Waals surface area (Å²) < 4.78 is 7.56. The Morgan fingerprint density at radius 2 is 1.95 bits per heavy atom. The van der Waals surface area contributed by atoms with Crippen LogP contribution < -0.4 is 17.2 Å². The highest BCUT2D eigenvalue weighted by Crippen LogP contribution is 2.32. The minimum absolute atomic E-state index is 0.181. The van der Waals surface area contributed by atoms with Crippen LogP contribution in [0.3, 0.4) is 0 Å². The van der Waals surface area contributed by atoms with Crippen LogP contribution in [0.5, 0.6) is 0 Å². The van der Waals surface area contributed by atoms with Gasteiger partial charge in [-0.25, -0.2) is 15.0 Å². The number of aliphatic hydroxyl groups excluding tert-OH is 2. The van der Waals surface area contributed by atoms with E-state index in [1.165, 1.54) is 17.2 Å². The predicted molar refractivity (Wildman–Crippen MR) is 140 cm³/mol. The molecule has 0 aliphatic carbocycles. The van der Waals surface area contributed by atoms with Crippen molar-refractivity contribution >= 4 is 28.9 Å². The smallest absolute Gasteiger partial charge is 0.320 e. The number of fused-ring (bicyclic) bond motifs is 1. The van der Waals surface area contributed by atoms with Gasteiger partial charge in [0.15, 0.2) is 17.7 Å². The molecule has 1 amide bonds. The zero-order chi connectivity index (χ0) is 28.3. The van der Waals surface area contributed by atoms with Crippen LogP contribution in [0.25, 0.3) is 11.2 Å². The largest absolute Gasteiger partial charge is 0.480 e. The number of aliphatic hydroxyl groups is 2. The number of hydrogen-bond acceptors (Lipinski definition) is 11. The number of benzene rings is 1. The highest BCUT2D eigenvalue weighted by Gasteiger charge is 2.44. The number of nitrogen functional groups attached to an aromatic ring is 1. The molecule has 1 aliphatic heterocycles. The Hall–Kier alpha value is -3.69. The molecule has 2 aromatic heterocycles. The lowest BCUT2D eigenvalue weighted by Crippen LogP contribution is -2.43. The molecule has 3 aromatic rings. The van der Waals surface area contributed by atoms with E-state index in [-0.39, 0.29) is 18.8 Å². The van der Waals surface area contributed by atoms with E-state index in [1.54, 1.807) is 6.07 Å². The van der Waals surface area contributed by atoms with Crippen molar-refractivity contribution in [3.05, 3.63) is 47.5 Å². The molecule has 3 heterocycles. The Balaban J connectivity index is 1.45. The molecular weight excluding hydrogens is 508 g/mol. The average Bonchev–Trinajstić information content (AvgIpc) is 3.45. The van der Waals surface area contributed by atoms with Crippen LogP contribution in [0.1, 0.15) is 40.6 Å². The number of aryl methyl sites for hydroxylation is 2. The van der Waals surface area contributed by atoms with Gasteiger partial charge in [-0.05, 0) is 49.9 Å². The minimum Gasteiger partial charge on any atom is -0.480 e. The number of hydrogen-bond donors (Lipinski definition) is 6. The zero-order valence-electron chi connectivity index (χ0n) is 21.6. The lowest BCUT2D eigenvalue weighted by atomic mass is 10.0. The van der Waals surface area contributed by atoms with Crippen molar-refractivity contribution in [2.24, 2.45) is 11.5 Å². The van der Waals surface area contributed by atoms with E-state index in [4.69, 9.17) is 21.9 Å². The fourth-order valence-electron chi connectivity index (χ4n) is 4.76. The van der Waals surface area contributed by atoms with Crippen LogP contribution in [-0.4, -0.2) is 95.6 Å². The maximum Gasteiger partial charge on any atom is 0.320 e. The van der Waals surface area contributed by atoms with E-state index >= 15 is 0 Å². The normalized spacial score (nSPS) is 22.0. The van der Waals surface area contributed by atoms with Gasteiger partial charge in [0.1, 0.15) is 36.2 Å². The van der Waals surface area contributed by atoms with E-state index in [2.05, 4.69) is 15.0 Å². The number of imidazole rings is 1. The molecular formula is C25H34N8O6. The highest BCUT2D eigenvalue weighted by atomic mass is 16.6. The Bertz CT molecular complexity index is 1330. The number of aliphatic carboxylic acids is 1. The molecule has 1 aromatic carbocycles. The van der Waals surface area contributed by atoms with Crippen LogP contribution in [-0.2, 0) is 16.0 Å². The number of carboxylic acids is 1. The van der Waals surface area contributed by atoms with E-state index in [0.29, 0.717) is 42.7 Å². The molecule has 0 saturated carbocycles. The fourth-order valence-corrected chi connectivity index (χ4v) is 4.76. The summed E-state index contributed by atoms with van der Waals surface area (Å²) in [6, 6.07) is 4.52. The number of primary amides is 1. The molecule has 210 valence electrons. The molecule has 9 N–H and O–H groups in total. The fraction of sp³-hybridized carbons (Fsp3) is 0.480. The van der Waals surface area contributed by atoms with Crippen molar-refractivity contribution in [3.63, 3.8) is 0 Å². The number of carboxylic acid groups (broad SMARTS) is 1. The molecule has 14 heteroatoms. The van der Waals surface area contributed by atoms with E-state index in [0.717, 1.165) is 11.1 Å². The Morgan fingerprint density at radius 1 is 1.18 bits per heavy atom. The van der Waals surface area contributed by atoms with E-state index in [9.17, 15) is 24.9 Å². The van der Waals surface area contributed by atoms with Gasteiger partial charge in [0, 0.05) is 18.7 Å². The molecule has 0 unspecified atom stereocenters. The molecule has 1 fully saturated rings. The second kappa shape index (κ2) is 12.0. The number of rotatable bonds is 12. The second-order valence-corrected chi connectivity index (χ2v) is 9.78. The number of nitrogens with two attached hydrogens (primary N) is 3. The first kappa shape index (κ1) is 28.3. The molecule has 0 radical (unpaired) electrons. The molecule has 39 heavy (non-hydrogen) atoms. The standard InChI is InChI=1S/C25H34N8O6/c1-13-4-5-14(9-15(13)22(28)36)3-2-7-32(8-6-16(26)25(37)38)10-17-19(34)20(35)24(39-17)33-12-31-18-21(27)29-11-30-23(18)33/h4-5,9,11-12,16-17,19-20,24,34-35H,2-3,6-8,10,26H2,1H3,(H2,28,36)(H,37,38)(H2,27,29,30)/t16-,17+,19+,20+,24+/m0/s1. The molecule has 4 rings (SSSR count). The third kappa shape index (κ3) is 6.32. The predicted octanol–water partition coefficient (Wildman–Crippen LogP) is -0.828. The van der Waals surface area contributed by atoms with Crippen molar-refractivity contribution in [2.75, 3.05) is 25.4 Å². The molecule has 5 atom stereocenters. The quantitative estimate of drug-likeness (QED) is 0.165. The van der Waals surface area contributed by atoms with Gasteiger partial charge in [0.05, 0.1) is 6.33 Å². The van der Waals surface area contributed by atoms with Crippen molar-refractivity contribution in [2.45, 2.75) is 56.8 Å². The Morgan fingerprint density at radius 3 is 2.67 bits per heavy atom. The molecule has 0 spiro atoms. The Labute approximate surface area is 224 Å². The van der Waals surface area contributed by atoms with Crippen LogP contribution in [0.4, 0.5) is 5.82 Å². The minimum atomic E-state index is -1.27. The summed E-state index contributed by atoms with van der Waals surface area (Å²) in [5.41, 5.74) is 20.0. The first-order chi connectivity index (χ1) is 18.6. The maximum atomic E-state index is 11.7. The number of ether oxygens (including phenoxy) is 1. The van der Waals surface area contributed by atoms with Gasteiger partial charge in [0.25, 0.3) is 0 Å². The van der Waals surface area contributed by atoms with Gasteiger partial charge >= 0.3 is 5.97 Å². The van der Waals surface area contributed by atoms with E-state index in [1.807, 2.05) is 24.0 Å². The molecule has 14 nitrogen and oxygen atoms in total. The van der Waals surface area contributed by atoms with Crippen LogP contribution >= 0.6 is 0 Å². The third-order valence-electron chi connectivity index (χ3n) is 7.02. The number of anilines is 1. The average molecular weight is 543 g/mol. The van der Waals surface area contributed by atoms with E-state index < -0.39 is 42.5 Å². The first-order valence-electron chi connectivity index (χ1n) is 12.6. The third-order valence-corrected chi connectivity index (χ3v) is 7.02. The lowest BCUT2D eigenvalue weighted by Gasteiger charge is -2.27. The van der Waals surface area contributed by atoms with Crippen LogP contribution in [0.15, 0.2) is 30.9 Å². The van der Waals surface area contributed by atoms with Gasteiger partial charge in [-0.2, -0.15) is 0 Å². The molecule has 1 aliphatic rings. The second-order valence-electron chi connectivity index (χ2n) is 9.78. The number of aromatic nitrogens is 4. The summed E-state index contributed by atoms with van der Waals surface area (Å²) >= 11 is 0. The van der Waals surface area contributed by atoms with Crippen LogP contribution in [0.2, 0.25) is 0 Å². The number of amides is 1. The monoisotopic (exact) mass is 542 g/mol. The van der Waals surface area contributed by atoms with Gasteiger partial charge in [-0.3, -0.25) is 14.2 Å². The summed E-state index contributed by atoms with van der Waals surface area (Å²) in [7, 11) is 0. The maximum absolute atomic E-state index is 11.7. The van der Waals surface area contributed by atoms with Gasteiger partial charge in [-0.1, -0.05) is 12.1 Å². The number of nitrogens with zero attached hydrogens (tertiary/aromatic N) is 5. The molecule has 0 bridgehead atoms. The zero-order valence-corrected chi connectivity index (χ0v) is 21.6. The SMILES string of the molecule is Cc1ccc(CCCN(CC[C@H](N)C(=O)O)C[C@H]2O[C@@H](n3cnc4c(N)ncnc43)[C@H](O)[C@@H]2O)cc1C(N)=O. The highest BCUT2D eigenvalue weighted by molar-refractivity contribution is 5.94. The summed E-state index contributed by atoms with van der Waals surface area (Å²) in [6.45, 7) is 2.89. The van der Waals surface area contributed by atoms with Crippen LogP contribution in [0, 0.1) is 6.92 Å². The summed E-state index contributed by atoms with van der Waals surface area (Å²) in [5.74, 6) is -1.41. The first-order valence-corrected chi connectivity index (χ1v) is 12.6. The lowest BCUT2D eigenvalue weighted by molar-refractivity contribution is -0.138. The number of carbonyl (C=O) groups is 2. The number of carbonyl (C=O) groups excluding carboxylic acids is 1.